The number of rotatable bonds is 5. The second kappa shape index (κ2) is 6.19. The number of hydrogen-bond acceptors (Lipinski definition) is 8. The van der Waals surface area contributed by atoms with Gasteiger partial charge in [-0.05, 0) is 6.92 Å². The largest absolute Gasteiger partial charge is 0.468 e. The SMILES string of the molecule is COCc1c(C)sc2ncn3c(SCC(=O)OC)nnc3c12. The van der Waals surface area contributed by atoms with Crippen LogP contribution in [0.3, 0.4) is 0 Å². The van der Waals surface area contributed by atoms with E-state index < -0.39 is 0 Å². The lowest BCUT2D eigenvalue weighted by Crippen LogP contribution is -2.03. The van der Waals surface area contributed by atoms with Crippen LogP contribution >= 0.6 is 23.1 Å². The van der Waals surface area contributed by atoms with Gasteiger partial charge >= 0.3 is 5.97 Å². The van der Waals surface area contributed by atoms with Crippen molar-refractivity contribution in [3.63, 3.8) is 0 Å². The van der Waals surface area contributed by atoms with E-state index in [9.17, 15) is 4.79 Å². The molecule has 0 aliphatic heterocycles. The normalized spacial score (nSPS) is 11.4. The molecule has 0 unspecified atom stereocenters. The molecule has 0 spiro atoms. The fourth-order valence-corrected chi connectivity index (χ4v) is 3.87. The highest BCUT2D eigenvalue weighted by Gasteiger charge is 2.17. The first-order chi connectivity index (χ1) is 10.7. The van der Waals surface area contributed by atoms with E-state index in [-0.39, 0.29) is 11.7 Å². The Bertz CT molecular complexity index is 843. The van der Waals surface area contributed by atoms with E-state index in [1.54, 1.807) is 29.2 Å². The molecule has 0 aliphatic rings. The van der Waals surface area contributed by atoms with Gasteiger partial charge in [0.15, 0.2) is 10.8 Å². The summed E-state index contributed by atoms with van der Waals surface area (Å²) in [5.74, 6) is -0.120. The summed E-state index contributed by atoms with van der Waals surface area (Å²) in [6, 6.07) is 0. The van der Waals surface area contributed by atoms with E-state index in [2.05, 4.69) is 19.9 Å². The average Bonchev–Trinajstić information content (AvgIpc) is 3.06. The third kappa shape index (κ3) is 2.55. The second-order valence-corrected chi connectivity index (χ2v) is 6.68. The van der Waals surface area contributed by atoms with Crippen LogP contribution in [0.25, 0.3) is 15.9 Å². The number of thiophene rings is 1. The number of thioether (sulfide) groups is 1. The van der Waals surface area contributed by atoms with Crippen molar-refractivity contribution >= 4 is 44.9 Å². The number of ether oxygens (including phenoxy) is 2. The summed E-state index contributed by atoms with van der Waals surface area (Å²) in [5.41, 5.74) is 1.81. The van der Waals surface area contributed by atoms with Crippen molar-refractivity contribution in [2.75, 3.05) is 20.0 Å². The van der Waals surface area contributed by atoms with Gasteiger partial charge < -0.3 is 9.47 Å². The van der Waals surface area contributed by atoms with E-state index in [0.29, 0.717) is 11.8 Å². The first-order valence-electron chi connectivity index (χ1n) is 6.46. The standard InChI is InChI=1S/C13H14N4O3S2/c1-7-8(4-19-2)10-11-15-16-13(21-5-9(18)20-3)17(11)6-14-12(10)22-7/h6H,4-5H2,1-3H3. The zero-order valence-electron chi connectivity index (χ0n) is 12.3. The summed E-state index contributed by atoms with van der Waals surface area (Å²) in [6.45, 7) is 2.55. The Labute approximate surface area is 134 Å². The molecule has 3 aromatic heterocycles. The Kier molecular flexibility index (Phi) is 4.27. The van der Waals surface area contributed by atoms with Gasteiger partial charge in [0.1, 0.15) is 11.2 Å². The molecular formula is C13H14N4O3S2. The number of hydrogen-bond donors (Lipinski definition) is 0. The van der Waals surface area contributed by atoms with Crippen LogP contribution in [0.15, 0.2) is 11.5 Å². The number of aryl methyl sites for hydroxylation is 1. The highest BCUT2D eigenvalue weighted by atomic mass is 32.2. The molecule has 0 N–H and O–H groups in total. The minimum Gasteiger partial charge on any atom is -0.468 e. The molecule has 0 amide bonds. The minimum absolute atomic E-state index is 0.183. The van der Waals surface area contributed by atoms with Gasteiger partial charge in [-0.2, -0.15) is 0 Å². The van der Waals surface area contributed by atoms with Crippen LogP contribution in [0.4, 0.5) is 0 Å². The van der Waals surface area contributed by atoms with Gasteiger partial charge in [-0.3, -0.25) is 9.20 Å². The predicted molar refractivity (Wildman–Crippen MR) is 84.4 cm³/mol. The number of carbonyl (C=O) groups excluding carboxylic acids is 1. The topological polar surface area (TPSA) is 78.6 Å². The molecule has 3 heterocycles. The minimum atomic E-state index is -0.303. The van der Waals surface area contributed by atoms with Crippen LogP contribution < -0.4 is 0 Å². The molecule has 22 heavy (non-hydrogen) atoms. The molecule has 116 valence electrons. The van der Waals surface area contributed by atoms with E-state index in [1.807, 2.05) is 6.92 Å². The lowest BCUT2D eigenvalue weighted by Gasteiger charge is -2.01. The number of fused-ring (bicyclic) bond motifs is 3. The zero-order valence-corrected chi connectivity index (χ0v) is 14.0. The van der Waals surface area contributed by atoms with Crippen molar-refractivity contribution in [1.29, 1.82) is 0 Å². The summed E-state index contributed by atoms with van der Waals surface area (Å²) in [7, 11) is 3.03. The van der Waals surface area contributed by atoms with E-state index in [1.165, 1.54) is 18.9 Å². The van der Waals surface area contributed by atoms with Gasteiger partial charge in [0.25, 0.3) is 0 Å². The Balaban J connectivity index is 2.09. The molecule has 3 aromatic rings. The summed E-state index contributed by atoms with van der Waals surface area (Å²) in [4.78, 5) is 17.8. The van der Waals surface area contributed by atoms with Gasteiger partial charge in [-0.15, -0.1) is 21.5 Å². The summed E-state index contributed by atoms with van der Waals surface area (Å²) < 4.78 is 11.7. The molecule has 0 fully saturated rings. The Morgan fingerprint density at radius 1 is 1.41 bits per heavy atom. The fraction of sp³-hybridized carbons (Fsp3) is 0.385. The lowest BCUT2D eigenvalue weighted by atomic mass is 10.2. The van der Waals surface area contributed by atoms with Gasteiger partial charge in [-0.1, -0.05) is 11.8 Å². The molecule has 0 bridgehead atoms. The third-order valence-electron chi connectivity index (χ3n) is 3.20. The molecule has 0 saturated heterocycles. The van der Waals surface area contributed by atoms with Gasteiger partial charge in [0, 0.05) is 17.6 Å². The number of methoxy groups -OCH3 is 2. The maximum Gasteiger partial charge on any atom is 0.316 e. The molecule has 0 aromatic carbocycles. The number of carbonyl (C=O) groups is 1. The van der Waals surface area contributed by atoms with Gasteiger partial charge in [-0.25, -0.2) is 4.98 Å². The molecule has 0 aliphatic carbocycles. The van der Waals surface area contributed by atoms with Crippen molar-refractivity contribution in [1.82, 2.24) is 19.6 Å². The van der Waals surface area contributed by atoms with Crippen LogP contribution in [-0.4, -0.2) is 45.5 Å². The maximum absolute atomic E-state index is 11.3. The molecule has 3 rings (SSSR count). The Morgan fingerprint density at radius 3 is 2.95 bits per heavy atom. The average molecular weight is 338 g/mol. The Hall–Kier alpha value is -1.71. The van der Waals surface area contributed by atoms with E-state index in [4.69, 9.17) is 4.74 Å². The quantitative estimate of drug-likeness (QED) is 0.520. The molecule has 9 heteroatoms. The van der Waals surface area contributed by atoms with Crippen LogP contribution in [-0.2, 0) is 20.9 Å². The number of nitrogens with zero attached hydrogens (tertiary/aromatic N) is 4. The van der Waals surface area contributed by atoms with Crippen LogP contribution in [0, 0.1) is 6.92 Å². The van der Waals surface area contributed by atoms with Crippen molar-refractivity contribution in [2.24, 2.45) is 0 Å². The van der Waals surface area contributed by atoms with Crippen molar-refractivity contribution in [3.05, 3.63) is 16.8 Å². The van der Waals surface area contributed by atoms with Crippen molar-refractivity contribution in [3.8, 4) is 0 Å². The zero-order chi connectivity index (χ0) is 15.7. The fourth-order valence-electron chi connectivity index (χ4n) is 2.14. The van der Waals surface area contributed by atoms with E-state index >= 15 is 0 Å². The monoisotopic (exact) mass is 338 g/mol. The van der Waals surface area contributed by atoms with Gasteiger partial charge in [0.2, 0.25) is 0 Å². The summed E-state index contributed by atoms with van der Waals surface area (Å²) in [6.07, 6.45) is 1.68. The number of esters is 1. The maximum atomic E-state index is 11.3. The molecule has 0 atom stereocenters. The van der Waals surface area contributed by atoms with Crippen LogP contribution in [0.2, 0.25) is 0 Å². The van der Waals surface area contributed by atoms with Crippen molar-refractivity contribution in [2.45, 2.75) is 18.7 Å². The third-order valence-corrected chi connectivity index (χ3v) is 5.18. The van der Waals surface area contributed by atoms with Crippen LogP contribution in [0.5, 0.6) is 0 Å². The smallest absolute Gasteiger partial charge is 0.316 e. The summed E-state index contributed by atoms with van der Waals surface area (Å²) in [5, 5.41) is 9.99. The molecule has 0 radical (unpaired) electrons. The van der Waals surface area contributed by atoms with Crippen molar-refractivity contribution < 1.29 is 14.3 Å². The second-order valence-electron chi connectivity index (χ2n) is 4.54. The predicted octanol–water partition coefficient (Wildman–Crippen LogP) is 2.06. The highest BCUT2D eigenvalue weighted by Crippen LogP contribution is 2.33. The number of aromatic nitrogens is 4. The first-order valence-corrected chi connectivity index (χ1v) is 8.26. The molecule has 0 saturated carbocycles. The molecule has 7 nitrogen and oxygen atoms in total. The molecular weight excluding hydrogens is 324 g/mol. The first kappa shape index (κ1) is 15.2. The lowest BCUT2D eigenvalue weighted by molar-refractivity contribution is -0.137. The highest BCUT2D eigenvalue weighted by molar-refractivity contribution is 7.99. The Morgan fingerprint density at radius 2 is 2.23 bits per heavy atom. The van der Waals surface area contributed by atoms with Gasteiger partial charge in [0.05, 0.1) is 24.9 Å². The van der Waals surface area contributed by atoms with E-state index in [0.717, 1.165) is 26.3 Å². The van der Waals surface area contributed by atoms with Crippen LogP contribution in [0.1, 0.15) is 10.4 Å². The summed E-state index contributed by atoms with van der Waals surface area (Å²) >= 11 is 2.88.